The monoisotopic (exact) mass is 325 g/mol. The van der Waals surface area contributed by atoms with Crippen molar-refractivity contribution in [1.29, 1.82) is 0 Å². The number of carbonyl (C=O) groups excluding carboxylic acids is 1. The lowest BCUT2D eigenvalue weighted by Crippen LogP contribution is -2.42. The Hall–Kier alpha value is -2.60. The number of carbonyl (C=O) groups is 1. The number of aromatic nitrogens is 2. The van der Waals surface area contributed by atoms with E-state index in [1.54, 1.807) is 22.8 Å². The van der Waals surface area contributed by atoms with Crippen LogP contribution in [0.15, 0.2) is 47.2 Å². The first-order valence-corrected chi connectivity index (χ1v) is 8.08. The van der Waals surface area contributed by atoms with Crippen molar-refractivity contribution < 1.29 is 14.3 Å². The summed E-state index contributed by atoms with van der Waals surface area (Å²) >= 11 is 0. The Morgan fingerprint density at radius 3 is 2.96 bits per heavy atom. The smallest absolute Gasteiger partial charge is 0.270 e. The Morgan fingerprint density at radius 2 is 2.25 bits per heavy atom. The largest absolute Gasteiger partial charge is 0.466 e. The lowest BCUT2D eigenvalue weighted by molar-refractivity contribution is -0.00616. The summed E-state index contributed by atoms with van der Waals surface area (Å²) in [5.74, 6) is 0.365. The third-order valence-electron chi connectivity index (χ3n) is 4.64. The molecule has 0 bridgehead atoms. The number of fused-ring (bicyclic) bond motifs is 1. The predicted molar refractivity (Wildman–Crippen MR) is 87.6 cm³/mol. The molecular weight excluding hydrogens is 306 g/mol. The highest BCUT2D eigenvalue weighted by atomic mass is 16.4. The molecule has 3 aromatic rings. The number of aliphatic hydroxyl groups is 1. The minimum Gasteiger partial charge on any atom is -0.466 e. The molecule has 124 valence electrons. The number of pyridine rings is 1. The minimum absolute atomic E-state index is 0.115. The average molecular weight is 325 g/mol. The summed E-state index contributed by atoms with van der Waals surface area (Å²) in [6.07, 6.45) is 5.21. The van der Waals surface area contributed by atoms with Gasteiger partial charge in [-0.25, -0.2) is 4.98 Å². The molecule has 6 nitrogen and oxygen atoms in total. The molecule has 1 fully saturated rings. The van der Waals surface area contributed by atoms with Crippen LogP contribution in [-0.2, 0) is 5.60 Å². The number of imidazole rings is 1. The number of furan rings is 1. The van der Waals surface area contributed by atoms with Crippen LogP contribution in [0.3, 0.4) is 0 Å². The summed E-state index contributed by atoms with van der Waals surface area (Å²) in [6, 6.07) is 9.09. The van der Waals surface area contributed by atoms with Gasteiger partial charge in [0.25, 0.3) is 5.91 Å². The number of nitrogens with zero attached hydrogens (tertiary/aromatic N) is 2. The molecule has 24 heavy (non-hydrogen) atoms. The van der Waals surface area contributed by atoms with E-state index in [9.17, 15) is 9.90 Å². The SMILES string of the molecule is Cc1nc2ccccn2c1C(=O)NCC(O)(c1ccco1)C1CC1. The second kappa shape index (κ2) is 5.49. The summed E-state index contributed by atoms with van der Waals surface area (Å²) in [4.78, 5) is 17.1. The van der Waals surface area contributed by atoms with Crippen LogP contribution in [0.1, 0.15) is 34.8 Å². The molecule has 2 N–H and O–H groups in total. The molecule has 4 rings (SSSR count). The Kier molecular flexibility index (Phi) is 3.42. The lowest BCUT2D eigenvalue weighted by atomic mass is 9.94. The quantitative estimate of drug-likeness (QED) is 0.754. The van der Waals surface area contributed by atoms with Crippen molar-refractivity contribution in [3.63, 3.8) is 0 Å². The molecule has 0 radical (unpaired) electrons. The van der Waals surface area contributed by atoms with Gasteiger partial charge in [0.2, 0.25) is 0 Å². The van der Waals surface area contributed by atoms with Crippen LogP contribution in [0.4, 0.5) is 0 Å². The number of aryl methyl sites for hydroxylation is 1. The second-order valence-corrected chi connectivity index (χ2v) is 6.33. The fraction of sp³-hybridized carbons (Fsp3) is 0.333. The van der Waals surface area contributed by atoms with Crippen molar-refractivity contribution in [3.8, 4) is 0 Å². The summed E-state index contributed by atoms with van der Waals surface area (Å²) in [6.45, 7) is 1.92. The van der Waals surface area contributed by atoms with Gasteiger partial charge in [0.15, 0.2) is 0 Å². The Labute approximate surface area is 139 Å². The third-order valence-corrected chi connectivity index (χ3v) is 4.64. The molecule has 1 unspecified atom stereocenters. The van der Waals surface area contributed by atoms with Gasteiger partial charge in [0, 0.05) is 6.20 Å². The lowest BCUT2D eigenvalue weighted by Gasteiger charge is -2.26. The highest BCUT2D eigenvalue weighted by Gasteiger charge is 2.47. The van der Waals surface area contributed by atoms with E-state index >= 15 is 0 Å². The molecule has 1 aliphatic rings. The maximum atomic E-state index is 12.7. The topological polar surface area (TPSA) is 79.8 Å². The normalized spacial score (nSPS) is 16.9. The number of nitrogens with one attached hydrogen (secondary N) is 1. The van der Waals surface area contributed by atoms with Gasteiger partial charge in [-0.3, -0.25) is 9.20 Å². The van der Waals surface area contributed by atoms with Crippen molar-refractivity contribution in [2.24, 2.45) is 5.92 Å². The number of hydrogen-bond acceptors (Lipinski definition) is 4. The molecule has 0 saturated heterocycles. The van der Waals surface area contributed by atoms with Gasteiger partial charge in [-0.1, -0.05) is 6.07 Å². The standard InChI is InChI=1S/C18H19N3O3/c1-12-16(21-9-3-2-6-15(21)20-12)17(22)19-11-18(23,13-7-8-13)14-5-4-10-24-14/h2-6,9-10,13,23H,7-8,11H2,1H3,(H,19,22). The zero-order valence-corrected chi connectivity index (χ0v) is 13.4. The fourth-order valence-electron chi connectivity index (χ4n) is 3.20. The van der Waals surface area contributed by atoms with E-state index in [1.165, 1.54) is 0 Å². The van der Waals surface area contributed by atoms with Crippen molar-refractivity contribution in [2.75, 3.05) is 6.54 Å². The van der Waals surface area contributed by atoms with Crippen LogP contribution < -0.4 is 5.32 Å². The van der Waals surface area contributed by atoms with Crippen LogP contribution in [0, 0.1) is 12.8 Å². The van der Waals surface area contributed by atoms with Crippen LogP contribution >= 0.6 is 0 Å². The van der Waals surface area contributed by atoms with Gasteiger partial charge in [-0.15, -0.1) is 0 Å². The zero-order valence-electron chi connectivity index (χ0n) is 13.4. The van der Waals surface area contributed by atoms with Gasteiger partial charge >= 0.3 is 0 Å². The molecule has 1 aliphatic carbocycles. The van der Waals surface area contributed by atoms with Crippen LogP contribution in [-0.4, -0.2) is 26.9 Å². The van der Waals surface area contributed by atoms with Crippen molar-refractivity contribution >= 4 is 11.6 Å². The second-order valence-electron chi connectivity index (χ2n) is 6.33. The van der Waals surface area contributed by atoms with Crippen LogP contribution in [0.25, 0.3) is 5.65 Å². The zero-order chi connectivity index (χ0) is 16.7. The molecule has 1 atom stereocenters. The first-order valence-electron chi connectivity index (χ1n) is 8.08. The molecule has 6 heteroatoms. The van der Waals surface area contributed by atoms with Crippen LogP contribution in [0.5, 0.6) is 0 Å². The molecular formula is C18H19N3O3. The fourth-order valence-corrected chi connectivity index (χ4v) is 3.20. The van der Waals surface area contributed by atoms with Gasteiger partial charge in [-0.05, 0) is 49.9 Å². The third kappa shape index (κ3) is 2.39. The molecule has 3 aromatic heterocycles. The number of hydrogen-bond donors (Lipinski definition) is 2. The highest BCUT2D eigenvalue weighted by molar-refractivity contribution is 5.94. The molecule has 0 aromatic carbocycles. The Bertz CT molecular complexity index is 880. The van der Waals surface area contributed by atoms with Crippen molar-refractivity contribution in [1.82, 2.24) is 14.7 Å². The van der Waals surface area contributed by atoms with Crippen LogP contribution in [0.2, 0.25) is 0 Å². The van der Waals surface area contributed by atoms with E-state index in [2.05, 4.69) is 10.3 Å². The number of amides is 1. The molecule has 1 saturated carbocycles. The molecule has 1 amide bonds. The summed E-state index contributed by atoms with van der Waals surface area (Å²) in [5.41, 5.74) is 0.714. The van der Waals surface area contributed by atoms with Gasteiger partial charge in [-0.2, -0.15) is 0 Å². The average Bonchev–Trinajstić information content (AvgIpc) is 3.18. The van der Waals surface area contributed by atoms with E-state index in [0.717, 1.165) is 18.5 Å². The summed E-state index contributed by atoms with van der Waals surface area (Å²) < 4.78 is 7.16. The molecule has 0 spiro atoms. The molecule has 0 aliphatic heterocycles. The maximum Gasteiger partial charge on any atom is 0.270 e. The first-order chi connectivity index (χ1) is 11.6. The predicted octanol–water partition coefficient (Wildman–Crippen LogP) is 2.26. The number of rotatable bonds is 5. The van der Waals surface area contributed by atoms with Crippen molar-refractivity contribution in [3.05, 3.63) is 59.9 Å². The molecule has 3 heterocycles. The maximum absolute atomic E-state index is 12.7. The highest BCUT2D eigenvalue weighted by Crippen LogP contribution is 2.45. The van der Waals surface area contributed by atoms with Gasteiger partial charge < -0.3 is 14.8 Å². The van der Waals surface area contributed by atoms with E-state index in [-0.39, 0.29) is 18.4 Å². The Balaban J connectivity index is 1.58. The van der Waals surface area contributed by atoms with E-state index < -0.39 is 5.60 Å². The van der Waals surface area contributed by atoms with E-state index in [1.807, 2.05) is 31.3 Å². The minimum atomic E-state index is -1.16. The summed E-state index contributed by atoms with van der Waals surface area (Å²) in [5, 5.41) is 13.9. The first kappa shape index (κ1) is 15.0. The van der Waals surface area contributed by atoms with E-state index in [0.29, 0.717) is 17.1 Å². The Morgan fingerprint density at radius 1 is 1.42 bits per heavy atom. The summed E-state index contributed by atoms with van der Waals surface area (Å²) in [7, 11) is 0. The van der Waals surface area contributed by atoms with Gasteiger partial charge in [0.1, 0.15) is 22.7 Å². The van der Waals surface area contributed by atoms with Crippen molar-refractivity contribution in [2.45, 2.75) is 25.4 Å². The van der Waals surface area contributed by atoms with Gasteiger partial charge in [0.05, 0.1) is 18.5 Å². The van der Waals surface area contributed by atoms with E-state index in [4.69, 9.17) is 4.42 Å².